The fourth-order valence-electron chi connectivity index (χ4n) is 1.76. The molecule has 0 unspecified atom stereocenters. The molecule has 1 fully saturated rings. The Bertz CT molecular complexity index is 457. The van der Waals surface area contributed by atoms with Crippen LogP contribution in [0.4, 0.5) is 13.2 Å². The SMILES string of the molecule is COc1ccc([C@@H](OC[C@H]2CO2)C(F)(F)F)cc1OC. The summed E-state index contributed by atoms with van der Waals surface area (Å²) in [5.74, 6) is 0.591. The van der Waals surface area contributed by atoms with Crippen molar-refractivity contribution in [1.29, 1.82) is 0 Å². The largest absolute Gasteiger partial charge is 0.493 e. The number of hydrogen-bond donors (Lipinski definition) is 0. The van der Waals surface area contributed by atoms with Gasteiger partial charge in [-0.05, 0) is 17.7 Å². The Balaban J connectivity index is 2.22. The summed E-state index contributed by atoms with van der Waals surface area (Å²) in [6, 6.07) is 4.00. The highest BCUT2D eigenvalue weighted by atomic mass is 19.4. The molecule has 0 saturated carbocycles. The minimum atomic E-state index is -4.51. The number of rotatable bonds is 6. The summed E-state index contributed by atoms with van der Waals surface area (Å²) in [4.78, 5) is 0. The molecule has 0 amide bonds. The first kappa shape index (κ1) is 14.9. The van der Waals surface area contributed by atoms with E-state index in [0.717, 1.165) is 0 Å². The molecular formula is C13H15F3O4. The maximum Gasteiger partial charge on any atom is 0.418 e. The Morgan fingerprint density at radius 3 is 2.40 bits per heavy atom. The minimum absolute atomic E-state index is 0.0317. The lowest BCUT2D eigenvalue weighted by Crippen LogP contribution is -2.25. The molecule has 2 atom stereocenters. The topological polar surface area (TPSA) is 40.2 Å². The molecule has 112 valence electrons. The monoisotopic (exact) mass is 292 g/mol. The van der Waals surface area contributed by atoms with Gasteiger partial charge in [0.1, 0.15) is 6.10 Å². The lowest BCUT2D eigenvalue weighted by Gasteiger charge is -2.21. The van der Waals surface area contributed by atoms with E-state index < -0.39 is 12.3 Å². The third-order valence-electron chi connectivity index (χ3n) is 2.86. The molecule has 1 aliphatic heterocycles. The number of epoxide rings is 1. The Kier molecular flexibility index (Phi) is 4.39. The van der Waals surface area contributed by atoms with Crippen molar-refractivity contribution < 1.29 is 32.1 Å². The lowest BCUT2D eigenvalue weighted by atomic mass is 10.1. The average molecular weight is 292 g/mol. The maximum atomic E-state index is 13.1. The van der Waals surface area contributed by atoms with Gasteiger partial charge in [-0.2, -0.15) is 13.2 Å². The molecule has 1 aromatic carbocycles. The number of alkyl halides is 3. The summed E-state index contributed by atoms with van der Waals surface area (Å²) >= 11 is 0. The van der Waals surface area contributed by atoms with Crippen LogP contribution in [0.15, 0.2) is 18.2 Å². The van der Waals surface area contributed by atoms with E-state index >= 15 is 0 Å². The van der Waals surface area contributed by atoms with Gasteiger partial charge in [0.2, 0.25) is 0 Å². The van der Waals surface area contributed by atoms with Gasteiger partial charge < -0.3 is 18.9 Å². The van der Waals surface area contributed by atoms with E-state index in [0.29, 0.717) is 12.4 Å². The zero-order chi connectivity index (χ0) is 14.8. The van der Waals surface area contributed by atoms with E-state index in [-0.39, 0.29) is 24.0 Å². The lowest BCUT2D eigenvalue weighted by molar-refractivity contribution is -0.224. The van der Waals surface area contributed by atoms with E-state index in [4.69, 9.17) is 18.9 Å². The van der Waals surface area contributed by atoms with E-state index in [2.05, 4.69) is 0 Å². The van der Waals surface area contributed by atoms with Crippen molar-refractivity contribution in [1.82, 2.24) is 0 Å². The van der Waals surface area contributed by atoms with Crippen molar-refractivity contribution in [3.63, 3.8) is 0 Å². The van der Waals surface area contributed by atoms with Gasteiger partial charge in [-0.3, -0.25) is 0 Å². The second-order valence-corrected chi connectivity index (χ2v) is 4.32. The molecule has 0 N–H and O–H groups in total. The van der Waals surface area contributed by atoms with Gasteiger partial charge >= 0.3 is 6.18 Å². The predicted octanol–water partition coefficient (Wildman–Crippen LogP) is 2.72. The fourth-order valence-corrected chi connectivity index (χ4v) is 1.76. The molecule has 0 radical (unpaired) electrons. The van der Waals surface area contributed by atoms with Gasteiger partial charge in [0.25, 0.3) is 0 Å². The first-order chi connectivity index (χ1) is 9.45. The normalized spacial score (nSPS) is 19.6. The van der Waals surface area contributed by atoms with Crippen LogP contribution in [0.1, 0.15) is 11.7 Å². The van der Waals surface area contributed by atoms with Crippen molar-refractivity contribution in [3.8, 4) is 11.5 Å². The van der Waals surface area contributed by atoms with Gasteiger partial charge in [-0.15, -0.1) is 0 Å². The molecule has 0 bridgehead atoms. The molecule has 7 heteroatoms. The number of halogens is 3. The summed E-state index contributed by atoms with van der Waals surface area (Å²) in [5, 5.41) is 0. The summed E-state index contributed by atoms with van der Waals surface area (Å²) < 4.78 is 59.0. The second kappa shape index (κ2) is 5.88. The average Bonchev–Trinajstić information content (AvgIpc) is 3.21. The third-order valence-corrected chi connectivity index (χ3v) is 2.86. The number of methoxy groups -OCH3 is 2. The van der Waals surface area contributed by atoms with Gasteiger partial charge in [0.15, 0.2) is 17.6 Å². The van der Waals surface area contributed by atoms with Crippen LogP contribution in [0.2, 0.25) is 0 Å². The highest BCUT2D eigenvalue weighted by Gasteiger charge is 2.43. The van der Waals surface area contributed by atoms with Gasteiger partial charge in [-0.1, -0.05) is 6.07 Å². The summed E-state index contributed by atoms with van der Waals surface area (Å²) in [7, 11) is 2.78. The molecule has 1 aromatic rings. The molecule has 0 aromatic heterocycles. The van der Waals surface area contributed by atoms with Crippen molar-refractivity contribution in [2.45, 2.75) is 18.4 Å². The van der Waals surface area contributed by atoms with Gasteiger partial charge in [-0.25, -0.2) is 0 Å². The zero-order valence-corrected chi connectivity index (χ0v) is 11.1. The predicted molar refractivity (Wildman–Crippen MR) is 64.0 cm³/mol. The molecular weight excluding hydrogens is 277 g/mol. The second-order valence-electron chi connectivity index (χ2n) is 4.32. The maximum absolute atomic E-state index is 13.1. The van der Waals surface area contributed by atoms with Crippen LogP contribution in [0, 0.1) is 0 Å². The Labute approximate surface area is 114 Å². The highest BCUT2D eigenvalue weighted by Crippen LogP contribution is 2.39. The molecule has 0 aliphatic carbocycles. The molecule has 1 saturated heterocycles. The Morgan fingerprint density at radius 2 is 1.90 bits per heavy atom. The summed E-state index contributed by atoms with van der Waals surface area (Å²) in [5.41, 5.74) is -0.0317. The van der Waals surface area contributed by atoms with Crippen LogP contribution in [-0.2, 0) is 9.47 Å². The molecule has 1 heterocycles. The van der Waals surface area contributed by atoms with Crippen LogP contribution >= 0.6 is 0 Å². The highest BCUT2D eigenvalue weighted by molar-refractivity contribution is 5.43. The Morgan fingerprint density at radius 1 is 1.25 bits per heavy atom. The van der Waals surface area contributed by atoms with Crippen LogP contribution in [0.25, 0.3) is 0 Å². The molecule has 2 rings (SSSR count). The number of benzene rings is 1. The van der Waals surface area contributed by atoms with E-state index in [1.165, 1.54) is 32.4 Å². The molecule has 0 spiro atoms. The summed E-state index contributed by atoms with van der Waals surface area (Å²) in [6.45, 7) is 0.356. The van der Waals surface area contributed by atoms with E-state index in [1.54, 1.807) is 0 Å². The van der Waals surface area contributed by atoms with E-state index in [9.17, 15) is 13.2 Å². The third kappa shape index (κ3) is 3.55. The smallest absolute Gasteiger partial charge is 0.418 e. The van der Waals surface area contributed by atoms with Crippen LogP contribution in [0.3, 0.4) is 0 Å². The van der Waals surface area contributed by atoms with E-state index in [1.807, 2.05) is 0 Å². The first-order valence-electron chi connectivity index (χ1n) is 5.97. The Hall–Kier alpha value is -1.47. The molecule has 1 aliphatic rings. The van der Waals surface area contributed by atoms with Crippen molar-refractivity contribution >= 4 is 0 Å². The van der Waals surface area contributed by atoms with Gasteiger partial charge in [0.05, 0.1) is 27.4 Å². The zero-order valence-electron chi connectivity index (χ0n) is 11.1. The number of ether oxygens (including phenoxy) is 4. The van der Waals surface area contributed by atoms with Crippen LogP contribution < -0.4 is 9.47 Å². The molecule has 20 heavy (non-hydrogen) atoms. The fraction of sp³-hybridized carbons (Fsp3) is 0.538. The molecule has 4 nitrogen and oxygen atoms in total. The number of hydrogen-bond acceptors (Lipinski definition) is 4. The van der Waals surface area contributed by atoms with Crippen molar-refractivity contribution in [2.75, 3.05) is 27.4 Å². The van der Waals surface area contributed by atoms with Crippen LogP contribution in [-0.4, -0.2) is 39.7 Å². The first-order valence-corrected chi connectivity index (χ1v) is 5.97. The quantitative estimate of drug-likeness (QED) is 0.756. The summed E-state index contributed by atoms with van der Waals surface area (Å²) in [6.07, 6.45) is -6.75. The minimum Gasteiger partial charge on any atom is -0.493 e. The van der Waals surface area contributed by atoms with Gasteiger partial charge in [0, 0.05) is 0 Å². The van der Waals surface area contributed by atoms with Crippen molar-refractivity contribution in [3.05, 3.63) is 23.8 Å². The van der Waals surface area contributed by atoms with Crippen LogP contribution in [0.5, 0.6) is 11.5 Å². The standard InChI is InChI=1S/C13H15F3O4/c1-17-10-4-3-8(5-11(10)18-2)12(13(14,15)16)20-7-9-6-19-9/h3-5,9,12H,6-7H2,1-2H3/t9-,12-/m1/s1. The van der Waals surface area contributed by atoms with Crippen molar-refractivity contribution in [2.24, 2.45) is 0 Å².